The summed E-state index contributed by atoms with van der Waals surface area (Å²) in [7, 11) is 0. The van der Waals surface area contributed by atoms with E-state index >= 15 is 0 Å². The fraction of sp³-hybridized carbons (Fsp3) is 0.571. The molecule has 0 aliphatic heterocycles. The van der Waals surface area contributed by atoms with Crippen LogP contribution in [0.25, 0.3) is 0 Å². The Morgan fingerprint density at radius 2 is 2.36 bits per heavy atom. The van der Waals surface area contributed by atoms with Crippen LogP contribution in [-0.2, 0) is 4.79 Å². The molecule has 2 atom stereocenters. The molecular weight excluding hydrogens is 168 g/mol. The largest absolute Gasteiger partial charge is 0.390 e. The fourth-order valence-corrected chi connectivity index (χ4v) is 1.22. The highest BCUT2D eigenvalue weighted by molar-refractivity contribution is 6.43. The van der Waals surface area contributed by atoms with Crippen LogP contribution in [0.5, 0.6) is 0 Å². The second-order valence-electron chi connectivity index (χ2n) is 2.76. The number of aliphatic hydroxyl groups is 2. The Balaban J connectivity index is 2.88. The summed E-state index contributed by atoms with van der Waals surface area (Å²) in [4.78, 5) is 10.8. The van der Waals surface area contributed by atoms with Crippen molar-refractivity contribution in [3.63, 3.8) is 0 Å². The summed E-state index contributed by atoms with van der Waals surface area (Å²) in [5.74, 6) is -0.324. The van der Waals surface area contributed by atoms with Crippen molar-refractivity contribution in [2.24, 2.45) is 0 Å². The molecule has 0 spiro atoms. The van der Waals surface area contributed by atoms with E-state index in [0.717, 1.165) is 0 Å². The lowest BCUT2D eigenvalue weighted by Crippen LogP contribution is -2.37. The van der Waals surface area contributed by atoms with Gasteiger partial charge in [0, 0.05) is 6.42 Å². The zero-order chi connectivity index (χ0) is 8.65. The van der Waals surface area contributed by atoms with Gasteiger partial charge < -0.3 is 10.2 Å². The second-order valence-corrected chi connectivity index (χ2v) is 3.17. The number of allylic oxidation sites excluding steroid dienone is 1. The first-order chi connectivity index (χ1) is 4.96. The molecule has 11 heavy (non-hydrogen) atoms. The first-order valence-electron chi connectivity index (χ1n) is 3.28. The van der Waals surface area contributed by atoms with Gasteiger partial charge in [-0.2, -0.15) is 0 Å². The van der Waals surface area contributed by atoms with Gasteiger partial charge in [0.1, 0.15) is 5.60 Å². The molecule has 0 saturated heterocycles. The standard InChI is InChI=1S/C7H9ClO3/c1-4(9)7(11)2-5(8)6(10)3-7/h2,4,9,11H,3H2,1H3/t4-,7+/m1/s1. The van der Waals surface area contributed by atoms with E-state index in [1.54, 1.807) is 0 Å². The van der Waals surface area contributed by atoms with Gasteiger partial charge in [-0.1, -0.05) is 11.6 Å². The molecule has 0 radical (unpaired) electrons. The van der Waals surface area contributed by atoms with Crippen LogP contribution >= 0.6 is 11.6 Å². The van der Waals surface area contributed by atoms with Gasteiger partial charge in [0.25, 0.3) is 0 Å². The Labute approximate surface area is 69.3 Å². The number of halogens is 1. The van der Waals surface area contributed by atoms with E-state index in [1.807, 2.05) is 0 Å². The number of carbonyl (C=O) groups is 1. The summed E-state index contributed by atoms with van der Waals surface area (Å²) < 4.78 is 0. The molecule has 0 saturated carbocycles. The molecule has 1 rings (SSSR count). The highest BCUT2D eigenvalue weighted by Gasteiger charge is 2.39. The molecule has 62 valence electrons. The SMILES string of the molecule is C[C@@H](O)[C@]1(O)C=C(Cl)C(=O)C1. The minimum Gasteiger partial charge on any atom is -0.390 e. The monoisotopic (exact) mass is 176 g/mol. The second kappa shape index (κ2) is 2.59. The van der Waals surface area contributed by atoms with Crippen LogP contribution in [0.4, 0.5) is 0 Å². The van der Waals surface area contributed by atoms with Gasteiger partial charge in [-0.3, -0.25) is 4.79 Å². The highest BCUT2D eigenvalue weighted by atomic mass is 35.5. The number of rotatable bonds is 1. The van der Waals surface area contributed by atoms with Gasteiger partial charge in [-0.25, -0.2) is 0 Å². The smallest absolute Gasteiger partial charge is 0.177 e. The number of hydrogen-bond donors (Lipinski definition) is 2. The summed E-state index contributed by atoms with van der Waals surface area (Å²) >= 11 is 5.43. The highest BCUT2D eigenvalue weighted by Crippen LogP contribution is 2.29. The predicted octanol–water partition coefficient (Wildman–Crippen LogP) is 0.194. The van der Waals surface area contributed by atoms with Crippen LogP contribution in [0.3, 0.4) is 0 Å². The molecular formula is C7H9ClO3. The topological polar surface area (TPSA) is 57.5 Å². The zero-order valence-electron chi connectivity index (χ0n) is 6.04. The first kappa shape index (κ1) is 8.71. The van der Waals surface area contributed by atoms with E-state index < -0.39 is 11.7 Å². The summed E-state index contributed by atoms with van der Waals surface area (Å²) in [5, 5.41) is 18.5. The Morgan fingerprint density at radius 3 is 2.55 bits per heavy atom. The molecule has 0 bridgehead atoms. The molecule has 0 unspecified atom stereocenters. The van der Waals surface area contributed by atoms with Gasteiger partial charge >= 0.3 is 0 Å². The Hall–Kier alpha value is -0.380. The van der Waals surface area contributed by atoms with Crippen molar-refractivity contribution in [2.75, 3.05) is 0 Å². The maximum atomic E-state index is 10.8. The Bertz CT molecular complexity index is 222. The van der Waals surface area contributed by atoms with Crippen molar-refractivity contribution in [1.82, 2.24) is 0 Å². The van der Waals surface area contributed by atoms with Crippen molar-refractivity contribution in [3.05, 3.63) is 11.1 Å². The lowest BCUT2D eigenvalue weighted by Gasteiger charge is -2.22. The van der Waals surface area contributed by atoms with Crippen LogP contribution in [0.2, 0.25) is 0 Å². The van der Waals surface area contributed by atoms with E-state index in [9.17, 15) is 9.90 Å². The van der Waals surface area contributed by atoms with Crippen LogP contribution in [-0.4, -0.2) is 27.7 Å². The zero-order valence-corrected chi connectivity index (χ0v) is 6.80. The molecule has 0 heterocycles. The van der Waals surface area contributed by atoms with Crippen LogP contribution in [0.1, 0.15) is 13.3 Å². The molecule has 3 nitrogen and oxygen atoms in total. The quantitative estimate of drug-likeness (QED) is 0.600. The van der Waals surface area contributed by atoms with E-state index in [1.165, 1.54) is 13.0 Å². The lowest BCUT2D eigenvalue weighted by atomic mass is 9.98. The molecule has 1 aliphatic rings. The molecule has 0 amide bonds. The number of hydrogen-bond acceptors (Lipinski definition) is 3. The summed E-state index contributed by atoms with van der Waals surface area (Å²) in [6, 6.07) is 0. The first-order valence-corrected chi connectivity index (χ1v) is 3.65. The third-order valence-corrected chi connectivity index (χ3v) is 2.13. The third-order valence-electron chi connectivity index (χ3n) is 1.81. The summed E-state index contributed by atoms with van der Waals surface area (Å²) in [6.07, 6.45) is 0.105. The summed E-state index contributed by atoms with van der Waals surface area (Å²) in [5.41, 5.74) is -1.45. The predicted molar refractivity (Wildman–Crippen MR) is 40.2 cm³/mol. The molecule has 0 aromatic rings. The van der Waals surface area contributed by atoms with Gasteiger partial charge in [-0.05, 0) is 13.0 Å². The average Bonchev–Trinajstić information content (AvgIpc) is 2.09. The minimum absolute atomic E-state index is 0.00778. The maximum Gasteiger partial charge on any atom is 0.177 e. The van der Waals surface area contributed by atoms with Gasteiger partial charge in [-0.15, -0.1) is 0 Å². The van der Waals surface area contributed by atoms with Crippen LogP contribution < -0.4 is 0 Å². The fourth-order valence-electron chi connectivity index (χ4n) is 0.961. The molecule has 2 N–H and O–H groups in total. The van der Waals surface area contributed by atoms with E-state index in [2.05, 4.69) is 0 Å². The van der Waals surface area contributed by atoms with Crippen LogP contribution in [0.15, 0.2) is 11.1 Å². The van der Waals surface area contributed by atoms with Crippen molar-refractivity contribution in [1.29, 1.82) is 0 Å². The number of carbonyl (C=O) groups excluding carboxylic acids is 1. The Morgan fingerprint density at radius 1 is 1.82 bits per heavy atom. The third kappa shape index (κ3) is 1.45. The normalized spacial score (nSPS) is 33.8. The van der Waals surface area contributed by atoms with Crippen LogP contribution in [0, 0.1) is 0 Å². The van der Waals surface area contributed by atoms with E-state index in [0.29, 0.717) is 0 Å². The van der Waals surface area contributed by atoms with E-state index in [-0.39, 0.29) is 17.2 Å². The molecule has 0 aromatic heterocycles. The summed E-state index contributed by atoms with van der Waals surface area (Å²) in [6.45, 7) is 1.42. The Kier molecular flexibility index (Phi) is 2.05. The van der Waals surface area contributed by atoms with Crippen molar-refractivity contribution in [3.8, 4) is 0 Å². The molecule has 0 fully saturated rings. The lowest BCUT2D eigenvalue weighted by molar-refractivity contribution is -0.119. The van der Waals surface area contributed by atoms with Gasteiger partial charge in [0.2, 0.25) is 0 Å². The van der Waals surface area contributed by atoms with Crippen molar-refractivity contribution in [2.45, 2.75) is 25.0 Å². The molecule has 0 aromatic carbocycles. The van der Waals surface area contributed by atoms with Gasteiger partial charge in [0.05, 0.1) is 11.1 Å². The molecule has 1 aliphatic carbocycles. The number of Topliss-reactive ketones (excluding diaryl/α,β-unsaturated/α-hetero) is 1. The van der Waals surface area contributed by atoms with Gasteiger partial charge in [0.15, 0.2) is 5.78 Å². The minimum atomic E-state index is -1.45. The maximum absolute atomic E-state index is 10.8. The van der Waals surface area contributed by atoms with Crippen molar-refractivity contribution >= 4 is 17.4 Å². The molecule has 4 heteroatoms. The number of ketones is 1. The number of aliphatic hydroxyl groups excluding tert-OH is 1. The van der Waals surface area contributed by atoms with Crippen molar-refractivity contribution < 1.29 is 15.0 Å². The average molecular weight is 177 g/mol. The van der Waals surface area contributed by atoms with E-state index in [4.69, 9.17) is 16.7 Å².